The van der Waals surface area contributed by atoms with Crippen LogP contribution in [0.1, 0.15) is 17.2 Å². The van der Waals surface area contributed by atoms with Gasteiger partial charge in [0.25, 0.3) is 0 Å². The van der Waals surface area contributed by atoms with Crippen LogP contribution < -0.4 is 9.47 Å². The van der Waals surface area contributed by atoms with Crippen molar-refractivity contribution in [3.05, 3.63) is 47.5 Å². The third kappa shape index (κ3) is 3.78. The molecule has 2 aromatic carbocycles. The normalized spacial score (nSPS) is 20.2. The van der Waals surface area contributed by atoms with Crippen LogP contribution in [0.2, 0.25) is 0 Å². The molecule has 1 aliphatic heterocycles. The summed E-state index contributed by atoms with van der Waals surface area (Å²) in [4.78, 5) is 12.2. The van der Waals surface area contributed by atoms with Gasteiger partial charge in [-0.3, -0.25) is 4.79 Å². The Labute approximate surface area is 156 Å². The van der Waals surface area contributed by atoms with Gasteiger partial charge in [0.2, 0.25) is 0 Å². The number of methoxy groups -OCH3 is 2. The van der Waals surface area contributed by atoms with E-state index < -0.39 is 17.9 Å². The molecule has 2 aromatic rings. The molecular formula is C20H22O7. The Kier molecular flexibility index (Phi) is 5.41. The summed E-state index contributed by atoms with van der Waals surface area (Å²) >= 11 is 0. The highest BCUT2D eigenvalue weighted by atomic mass is 16.5. The molecule has 0 aromatic heterocycles. The molecular weight excluding hydrogens is 352 g/mol. The standard InChI is InChI=1S/C20H22O7/c1-25-17-8-11(3-5-15(17)21)7-13-14(10-27-20(13)24)19(23)12-4-6-16(22)18(9-12)26-2/h3-6,8-9,13-14,19,21-23H,7,10H2,1-2H3/t13-,14+,19?/m1/s1. The Morgan fingerprint density at radius 2 is 1.70 bits per heavy atom. The predicted molar refractivity (Wildman–Crippen MR) is 95.9 cm³/mol. The van der Waals surface area contributed by atoms with Crippen molar-refractivity contribution in [2.45, 2.75) is 12.5 Å². The van der Waals surface area contributed by atoms with E-state index in [9.17, 15) is 20.1 Å². The molecule has 3 N–H and O–H groups in total. The van der Waals surface area contributed by atoms with E-state index in [4.69, 9.17) is 14.2 Å². The Morgan fingerprint density at radius 3 is 2.37 bits per heavy atom. The maximum Gasteiger partial charge on any atom is 0.309 e. The Bertz CT molecular complexity index is 833. The van der Waals surface area contributed by atoms with Gasteiger partial charge in [-0.15, -0.1) is 0 Å². The summed E-state index contributed by atoms with van der Waals surface area (Å²) in [6.07, 6.45) is -0.623. The number of carbonyl (C=O) groups excluding carboxylic acids is 1. The Morgan fingerprint density at radius 1 is 1.07 bits per heavy atom. The minimum Gasteiger partial charge on any atom is -0.504 e. The lowest BCUT2D eigenvalue weighted by Gasteiger charge is -2.22. The summed E-state index contributed by atoms with van der Waals surface area (Å²) in [5.74, 6) is -0.823. The first-order chi connectivity index (χ1) is 12.9. The van der Waals surface area contributed by atoms with Crippen molar-refractivity contribution in [1.82, 2.24) is 0 Å². The smallest absolute Gasteiger partial charge is 0.309 e. The fourth-order valence-corrected chi connectivity index (χ4v) is 3.35. The highest BCUT2D eigenvalue weighted by Crippen LogP contribution is 2.39. The molecule has 0 radical (unpaired) electrons. The average molecular weight is 374 g/mol. The van der Waals surface area contributed by atoms with Crippen molar-refractivity contribution in [3.63, 3.8) is 0 Å². The zero-order chi connectivity index (χ0) is 19.6. The molecule has 7 heteroatoms. The molecule has 3 rings (SSSR count). The summed E-state index contributed by atoms with van der Waals surface area (Å²) in [6.45, 7) is 0.100. The molecule has 144 valence electrons. The van der Waals surface area contributed by atoms with Gasteiger partial charge in [-0.05, 0) is 41.8 Å². The lowest BCUT2D eigenvalue weighted by Crippen LogP contribution is -2.24. The zero-order valence-electron chi connectivity index (χ0n) is 15.1. The lowest BCUT2D eigenvalue weighted by atomic mass is 9.83. The van der Waals surface area contributed by atoms with Crippen LogP contribution in [0.4, 0.5) is 0 Å². The molecule has 0 aliphatic carbocycles. The van der Waals surface area contributed by atoms with Crippen molar-refractivity contribution in [3.8, 4) is 23.0 Å². The Balaban J connectivity index is 1.83. The number of benzene rings is 2. The van der Waals surface area contributed by atoms with E-state index in [1.54, 1.807) is 24.3 Å². The molecule has 1 aliphatic rings. The molecule has 0 amide bonds. The number of hydrogen-bond donors (Lipinski definition) is 3. The average Bonchev–Trinajstić information content (AvgIpc) is 3.03. The fourth-order valence-electron chi connectivity index (χ4n) is 3.35. The quantitative estimate of drug-likeness (QED) is 0.666. The van der Waals surface area contributed by atoms with E-state index in [2.05, 4.69) is 0 Å². The minimum atomic E-state index is -0.963. The highest BCUT2D eigenvalue weighted by Gasteiger charge is 2.41. The van der Waals surface area contributed by atoms with Gasteiger partial charge in [-0.25, -0.2) is 0 Å². The van der Waals surface area contributed by atoms with Gasteiger partial charge in [-0.1, -0.05) is 12.1 Å². The van der Waals surface area contributed by atoms with Crippen LogP contribution in [0.5, 0.6) is 23.0 Å². The first kappa shape index (κ1) is 18.8. The topological polar surface area (TPSA) is 105 Å². The van der Waals surface area contributed by atoms with E-state index >= 15 is 0 Å². The van der Waals surface area contributed by atoms with Gasteiger partial charge in [0.05, 0.1) is 32.8 Å². The first-order valence-electron chi connectivity index (χ1n) is 8.52. The van der Waals surface area contributed by atoms with Crippen LogP contribution in [0.25, 0.3) is 0 Å². The monoisotopic (exact) mass is 374 g/mol. The summed E-state index contributed by atoms with van der Waals surface area (Å²) < 4.78 is 15.4. The van der Waals surface area contributed by atoms with E-state index in [1.807, 2.05) is 0 Å². The molecule has 7 nitrogen and oxygen atoms in total. The number of hydrogen-bond acceptors (Lipinski definition) is 7. The number of rotatable bonds is 6. The zero-order valence-corrected chi connectivity index (χ0v) is 15.1. The van der Waals surface area contributed by atoms with Gasteiger partial charge in [-0.2, -0.15) is 0 Å². The SMILES string of the molecule is COc1cc(C[C@H]2C(=O)OC[C@@H]2C(O)c2ccc(O)c(OC)c2)ccc1O. The van der Waals surface area contributed by atoms with Gasteiger partial charge in [0.1, 0.15) is 0 Å². The van der Waals surface area contributed by atoms with Crippen molar-refractivity contribution in [1.29, 1.82) is 0 Å². The van der Waals surface area contributed by atoms with E-state index in [0.717, 1.165) is 5.56 Å². The maximum atomic E-state index is 12.2. The number of carbonyl (C=O) groups is 1. The molecule has 27 heavy (non-hydrogen) atoms. The summed E-state index contributed by atoms with van der Waals surface area (Å²) in [6, 6.07) is 9.44. The van der Waals surface area contributed by atoms with Crippen LogP contribution in [-0.2, 0) is 16.0 Å². The molecule has 0 saturated carbocycles. The number of cyclic esters (lactones) is 1. The van der Waals surface area contributed by atoms with Crippen molar-refractivity contribution >= 4 is 5.97 Å². The minimum absolute atomic E-state index is 0.0167. The van der Waals surface area contributed by atoms with Crippen LogP contribution in [0.15, 0.2) is 36.4 Å². The van der Waals surface area contributed by atoms with Gasteiger partial charge in [0, 0.05) is 5.92 Å². The second-order valence-corrected chi connectivity index (χ2v) is 6.49. The van der Waals surface area contributed by atoms with Crippen molar-refractivity contribution in [2.24, 2.45) is 11.8 Å². The number of aliphatic hydroxyl groups is 1. The third-order valence-corrected chi connectivity index (χ3v) is 4.89. The molecule has 1 unspecified atom stereocenters. The highest BCUT2D eigenvalue weighted by molar-refractivity contribution is 5.75. The number of phenols is 2. The Hall–Kier alpha value is -2.93. The van der Waals surface area contributed by atoms with Crippen LogP contribution in [0, 0.1) is 11.8 Å². The molecule has 0 spiro atoms. The van der Waals surface area contributed by atoms with Crippen LogP contribution in [0.3, 0.4) is 0 Å². The van der Waals surface area contributed by atoms with Gasteiger partial charge < -0.3 is 29.5 Å². The number of aliphatic hydroxyl groups excluding tert-OH is 1. The third-order valence-electron chi connectivity index (χ3n) is 4.89. The van der Waals surface area contributed by atoms with Crippen molar-refractivity contribution in [2.75, 3.05) is 20.8 Å². The molecule has 3 atom stereocenters. The van der Waals surface area contributed by atoms with E-state index in [1.165, 1.54) is 26.4 Å². The molecule has 1 fully saturated rings. The summed E-state index contributed by atoms with van der Waals surface area (Å²) in [7, 11) is 2.88. The number of phenolic OH excluding ortho intramolecular Hbond substituents is 2. The summed E-state index contributed by atoms with van der Waals surface area (Å²) in [5.41, 5.74) is 1.32. The summed E-state index contributed by atoms with van der Waals surface area (Å²) in [5, 5.41) is 30.3. The van der Waals surface area contributed by atoms with Gasteiger partial charge in [0.15, 0.2) is 23.0 Å². The predicted octanol–water partition coefficient (Wildman–Crippen LogP) is 2.18. The maximum absolute atomic E-state index is 12.2. The lowest BCUT2D eigenvalue weighted by molar-refractivity contribution is -0.141. The van der Waals surface area contributed by atoms with E-state index in [0.29, 0.717) is 17.7 Å². The number of aromatic hydroxyl groups is 2. The van der Waals surface area contributed by atoms with E-state index in [-0.39, 0.29) is 29.8 Å². The largest absolute Gasteiger partial charge is 0.504 e. The van der Waals surface area contributed by atoms with Crippen molar-refractivity contribution < 1.29 is 34.3 Å². The first-order valence-corrected chi connectivity index (χ1v) is 8.52. The molecule has 0 bridgehead atoms. The fraction of sp³-hybridized carbons (Fsp3) is 0.350. The number of esters is 1. The number of ether oxygens (including phenoxy) is 3. The second kappa shape index (κ2) is 7.75. The molecule has 1 heterocycles. The second-order valence-electron chi connectivity index (χ2n) is 6.49. The van der Waals surface area contributed by atoms with Gasteiger partial charge >= 0.3 is 5.97 Å². The van der Waals surface area contributed by atoms with Crippen LogP contribution >= 0.6 is 0 Å². The molecule has 1 saturated heterocycles. The van der Waals surface area contributed by atoms with Crippen LogP contribution in [-0.4, -0.2) is 42.1 Å².